The minimum atomic E-state index is -0.953. The number of methoxy groups -OCH3 is 1. The zero-order valence-electron chi connectivity index (χ0n) is 21.0. The molecule has 0 radical (unpaired) electrons. The summed E-state index contributed by atoms with van der Waals surface area (Å²) in [4.78, 5) is 27.0. The van der Waals surface area contributed by atoms with Crippen LogP contribution in [0.3, 0.4) is 0 Å². The van der Waals surface area contributed by atoms with E-state index in [-0.39, 0.29) is 17.9 Å². The molecule has 0 aliphatic rings. The number of rotatable bonds is 11. The standard InChI is InChI=1S/C32H31NO4/c1-37-30-16-8-5-13-27(30)22-31(34)33(21-9-12-24-10-3-2-4-11-24)23-25-17-19-26(20-18-25)28-14-6-7-15-29(28)32(35)36/h2-8,10-11,13-20H,9,12,21-23H2,1H3,(H,35,36). The van der Waals surface area contributed by atoms with E-state index in [1.165, 1.54) is 5.56 Å². The van der Waals surface area contributed by atoms with Gasteiger partial charge in [0.15, 0.2) is 0 Å². The second-order valence-corrected chi connectivity index (χ2v) is 8.94. The van der Waals surface area contributed by atoms with E-state index in [9.17, 15) is 14.7 Å². The van der Waals surface area contributed by atoms with Crippen LogP contribution in [0, 0.1) is 0 Å². The van der Waals surface area contributed by atoms with E-state index in [1.807, 2.05) is 83.8 Å². The number of aromatic carboxylic acids is 1. The van der Waals surface area contributed by atoms with E-state index in [4.69, 9.17) is 4.74 Å². The lowest BCUT2D eigenvalue weighted by atomic mass is 9.98. The fourth-order valence-electron chi connectivity index (χ4n) is 4.47. The molecule has 0 atom stereocenters. The molecule has 0 saturated carbocycles. The van der Waals surface area contributed by atoms with Crippen molar-refractivity contribution in [3.63, 3.8) is 0 Å². The monoisotopic (exact) mass is 493 g/mol. The molecule has 5 heteroatoms. The van der Waals surface area contributed by atoms with Gasteiger partial charge in [0, 0.05) is 18.7 Å². The van der Waals surface area contributed by atoms with Crippen LogP contribution in [-0.2, 0) is 24.2 Å². The van der Waals surface area contributed by atoms with Crippen molar-refractivity contribution in [2.24, 2.45) is 0 Å². The van der Waals surface area contributed by atoms with Crippen LogP contribution < -0.4 is 4.74 Å². The molecular formula is C32H31NO4. The zero-order chi connectivity index (χ0) is 26.0. The molecule has 5 nitrogen and oxygen atoms in total. The first-order valence-corrected chi connectivity index (χ1v) is 12.4. The second kappa shape index (κ2) is 12.5. The summed E-state index contributed by atoms with van der Waals surface area (Å²) in [6.45, 7) is 1.11. The summed E-state index contributed by atoms with van der Waals surface area (Å²) in [5, 5.41) is 9.53. The van der Waals surface area contributed by atoms with Crippen LogP contribution in [0.4, 0.5) is 0 Å². The van der Waals surface area contributed by atoms with Crippen LogP contribution in [0.25, 0.3) is 11.1 Å². The lowest BCUT2D eigenvalue weighted by Crippen LogP contribution is -2.33. The summed E-state index contributed by atoms with van der Waals surface area (Å²) in [6.07, 6.45) is 2.01. The van der Waals surface area contributed by atoms with E-state index >= 15 is 0 Å². The molecule has 0 bridgehead atoms. The van der Waals surface area contributed by atoms with Gasteiger partial charge >= 0.3 is 5.97 Å². The maximum absolute atomic E-state index is 13.4. The summed E-state index contributed by atoms with van der Waals surface area (Å²) in [6, 6.07) is 32.6. The van der Waals surface area contributed by atoms with Gasteiger partial charge in [0.2, 0.25) is 5.91 Å². The molecule has 0 unspecified atom stereocenters. The lowest BCUT2D eigenvalue weighted by molar-refractivity contribution is -0.131. The Morgan fingerprint density at radius 3 is 2.19 bits per heavy atom. The Labute approximate surface area is 218 Å². The van der Waals surface area contributed by atoms with E-state index in [0.29, 0.717) is 24.4 Å². The third-order valence-corrected chi connectivity index (χ3v) is 6.42. The maximum atomic E-state index is 13.4. The van der Waals surface area contributed by atoms with Crippen molar-refractivity contribution in [3.8, 4) is 16.9 Å². The van der Waals surface area contributed by atoms with Gasteiger partial charge in [-0.3, -0.25) is 4.79 Å². The first-order chi connectivity index (χ1) is 18.0. The van der Waals surface area contributed by atoms with E-state index in [0.717, 1.165) is 29.5 Å². The zero-order valence-corrected chi connectivity index (χ0v) is 21.0. The molecule has 188 valence electrons. The van der Waals surface area contributed by atoms with Crippen LogP contribution in [0.2, 0.25) is 0 Å². The number of benzene rings is 4. The number of nitrogens with zero attached hydrogens (tertiary/aromatic N) is 1. The third-order valence-electron chi connectivity index (χ3n) is 6.42. The van der Waals surface area contributed by atoms with Gasteiger partial charge in [-0.15, -0.1) is 0 Å². The number of ether oxygens (including phenoxy) is 1. The molecule has 1 N–H and O–H groups in total. The van der Waals surface area contributed by atoms with Gasteiger partial charge < -0.3 is 14.7 Å². The second-order valence-electron chi connectivity index (χ2n) is 8.94. The summed E-state index contributed by atoms with van der Waals surface area (Å²) in [5.41, 5.74) is 4.88. The molecule has 0 aromatic heterocycles. The fourth-order valence-corrected chi connectivity index (χ4v) is 4.47. The van der Waals surface area contributed by atoms with Gasteiger partial charge in [0.1, 0.15) is 5.75 Å². The molecule has 0 spiro atoms. The summed E-state index contributed by atoms with van der Waals surface area (Å²) in [5.74, 6) is -0.203. The van der Waals surface area contributed by atoms with Gasteiger partial charge in [-0.25, -0.2) is 4.79 Å². The van der Waals surface area contributed by atoms with E-state index < -0.39 is 5.97 Å². The predicted molar refractivity (Wildman–Crippen MR) is 146 cm³/mol. The number of carbonyl (C=O) groups excluding carboxylic acids is 1. The van der Waals surface area contributed by atoms with Crippen LogP contribution in [0.5, 0.6) is 5.75 Å². The quantitative estimate of drug-likeness (QED) is 0.268. The van der Waals surface area contributed by atoms with Crippen LogP contribution >= 0.6 is 0 Å². The van der Waals surface area contributed by atoms with Gasteiger partial charge in [-0.05, 0) is 47.2 Å². The largest absolute Gasteiger partial charge is 0.496 e. The molecule has 0 saturated heterocycles. The normalized spacial score (nSPS) is 10.6. The molecule has 0 aliphatic heterocycles. The Morgan fingerprint density at radius 1 is 0.784 bits per heavy atom. The molecule has 0 fully saturated rings. The third kappa shape index (κ3) is 6.85. The Kier molecular flexibility index (Phi) is 8.71. The number of amides is 1. The average molecular weight is 494 g/mol. The van der Waals surface area contributed by atoms with Crippen molar-refractivity contribution in [1.82, 2.24) is 4.90 Å². The minimum absolute atomic E-state index is 0.0397. The predicted octanol–water partition coefficient (Wildman–Crippen LogP) is 6.26. The molecule has 4 rings (SSSR count). The number of hydrogen-bond donors (Lipinski definition) is 1. The SMILES string of the molecule is COc1ccccc1CC(=O)N(CCCc1ccccc1)Cc1ccc(-c2ccccc2C(=O)O)cc1. The van der Waals surface area contributed by atoms with Crippen LogP contribution in [-0.4, -0.2) is 35.5 Å². The molecular weight excluding hydrogens is 462 g/mol. The van der Waals surface area contributed by atoms with Crippen molar-refractivity contribution in [2.75, 3.05) is 13.7 Å². The summed E-state index contributed by atoms with van der Waals surface area (Å²) >= 11 is 0. The smallest absolute Gasteiger partial charge is 0.336 e. The number of carboxylic acids is 1. The Hall–Kier alpha value is -4.38. The molecule has 0 aliphatic carbocycles. The summed E-state index contributed by atoms with van der Waals surface area (Å²) < 4.78 is 5.45. The number of carbonyl (C=O) groups is 2. The van der Waals surface area contributed by atoms with Crippen molar-refractivity contribution in [2.45, 2.75) is 25.8 Å². The fraction of sp³-hybridized carbons (Fsp3) is 0.188. The Morgan fingerprint density at radius 2 is 1.46 bits per heavy atom. The highest BCUT2D eigenvalue weighted by Gasteiger charge is 2.17. The first-order valence-electron chi connectivity index (χ1n) is 12.4. The highest BCUT2D eigenvalue weighted by atomic mass is 16.5. The number of hydrogen-bond acceptors (Lipinski definition) is 3. The van der Waals surface area contributed by atoms with Crippen LogP contribution in [0.1, 0.15) is 33.5 Å². The molecule has 0 heterocycles. The molecule has 1 amide bonds. The van der Waals surface area contributed by atoms with Gasteiger partial charge in [0.05, 0.1) is 19.1 Å². The minimum Gasteiger partial charge on any atom is -0.496 e. The average Bonchev–Trinajstić information content (AvgIpc) is 2.93. The molecule has 37 heavy (non-hydrogen) atoms. The van der Waals surface area contributed by atoms with Crippen molar-refractivity contribution in [3.05, 3.63) is 125 Å². The van der Waals surface area contributed by atoms with Crippen molar-refractivity contribution in [1.29, 1.82) is 0 Å². The molecule has 4 aromatic carbocycles. The van der Waals surface area contributed by atoms with E-state index in [1.54, 1.807) is 19.2 Å². The maximum Gasteiger partial charge on any atom is 0.336 e. The topological polar surface area (TPSA) is 66.8 Å². The lowest BCUT2D eigenvalue weighted by Gasteiger charge is -2.24. The Balaban J connectivity index is 1.51. The highest BCUT2D eigenvalue weighted by molar-refractivity contribution is 5.96. The van der Waals surface area contributed by atoms with Gasteiger partial charge in [-0.1, -0.05) is 91.0 Å². The van der Waals surface area contributed by atoms with Gasteiger partial charge in [-0.2, -0.15) is 0 Å². The highest BCUT2D eigenvalue weighted by Crippen LogP contribution is 2.25. The van der Waals surface area contributed by atoms with E-state index in [2.05, 4.69) is 12.1 Å². The number of carboxylic acid groups (broad SMARTS) is 1. The first kappa shape index (κ1) is 25.7. The Bertz CT molecular complexity index is 1330. The summed E-state index contributed by atoms with van der Waals surface area (Å²) in [7, 11) is 1.62. The van der Waals surface area contributed by atoms with Crippen molar-refractivity contribution < 1.29 is 19.4 Å². The molecule has 4 aromatic rings. The number of aryl methyl sites for hydroxylation is 1. The van der Waals surface area contributed by atoms with Crippen molar-refractivity contribution >= 4 is 11.9 Å². The van der Waals surface area contributed by atoms with Crippen LogP contribution in [0.15, 0.2) is 103 Å². The van der Waals surface area contributed by atoms with Gasteiger partial charge in [0.25, 0.3) is 0 Å². The number of para-hydroxylation sites is 1.